The van der Waals surface area contributed by atoms with Gasteiger partial charge in [0.25, 0.3) is 0 Å². The van der Waals surface area contributed by atoms with Crippen molar-refractivity contribution in [2.45, 2.75) is 38.3 Å². The Morgan fingerprint density at radius 3 is 2.78 bits per heavy atom. The third-order valence-electron chi connectivity index (χ3n) is 4.22. The molecule has 1 saturated heterocycles. The molecule has 2 heterocycles. The van der Waals surface area contributed by atoms with E-state index in [1.807, 2.05) is 25.3 Å². The molecule has 3 rings (SSSR count). The van der Waals surface area contributed by atoms with Crippen molar-refractivity contribution < 1.29 is 9.53 Å². The van der Waals surface area contributed by atoms with Crippen molar-refractivity contribution in [2.24, 2.45) is 0 Å². The van der Waals surface area contributed by atoms with E-state index < -0.39 is 0 Å². The molecule has 2 atom stereocenters. The van der Waals surface area contributed by atoms with Crippen molar-refractivity contribution in [3.63, 3.8) is 0 Å². The highest BCUT2D eigenvalue weighted by atomic mass is 16.5. The van der Waals surface area contributed by atoms with Crippen LogP contribution in [0.3, 0.4) is 0 Å². The van der Waals surface area contributed by atoms with Crippen LogP contribution in [0.15, 0.2) is 48.8 Å². The summed E-state index contributed by atoms with van der Waals surface area (Å²) in [5, 5.41) is 3.05. The molecule has 1 amide bonds. The smallest absolute Gasteiger partial charge is 0.223 e. The van der Waals surface area contributed by atoms with Crippen LogP contribution in [0.1, 0.15) is 37.8 Å². The first-order valence-electron chi connectivity index (χ1n) is 8.14. The van der Waals surface area contributed by atoms with Gasteiger partial charge < -0.3 is 10.1 Å². The number of carbonyl (C=O) groups excluding carboxylic acids is 1. The third-order valence-corrected chi connectivity index (χ3v) is 4.22. The summed E-state index contributed by atoms with van der Waals surface area (Å²) in [6, 6.07) is 12.2. The molecule has 0 aliphatic carbocycles. The molecule has 4 heteroatoms. The standard InChI is InChI=1S/C19H22N2O2/c1-14(21-19(22)12-18-5-3-11-23-18)15-6-8-16(9-7-15)17-4-2-10-20-13-17/h2,4,6-10,13-14,18H,3,5,11-12H2,1H3,(H,21,22)/t14-,18-/m1/s1. The van der Waals surface area contributed by atoms with Gasteiger partial charge in [-0.1, -0.05) is 30.3 Å². The van der Waals surface area contributed by atoms with Gasteiger partial charge in [-0.3, -0.25) is 9.78 Å². The Morgan fingerprint density at radius 2 is 2.13 bits per heavy atom. The lowest BCUT2D eigenvalue weighted by molar-refractivity contribution is -0.123. The minimum Gasteiger partial charge on any atom is -0.378 e. The Labute approximate surface area is 136 Å². The lowest BCUT2D eigenvalue weighted by Crippen LogP contribution is -2.29. The van der Waals surface area contributed by atoms with Gasteiger partial charge in [-0.2, -0.15) is 0 Å². The van der Waals surface area contributed by atoms with Gasteiger partial charge in [0.15, 0.2) is 0 Å². The second kappa shape index (κ2) is 7.38. The zero-order chi connectivity index (χ0) is 16.1. The lowest BCUT2D eigenvalue weighted by Gasteiger charge is -2.16. The summed E-state index contributed by atoms with van der Waals surface area (Å²) in [6.45, 7) is 2.79. The first-order valence-corrected chi connectivity index (χ1v) is 8.14. The molecule has 2 aromatic rings. The molecule has 0 bridgehead atoms. The Kier molecular flexibility index (Phi) is 5.03. The molecule has 23 heavy (non-hydrogen) atoms. The van der Waals surface area contributed by atoms with Gasteiger partial charge in [0.05, 0.1) is 18.6 Å². The maximum atomic E-state index is 12.1. The SMILES string of the molecule is C[C@@H](NC(=O)C[C@H]1CCCO1)c1ccc(-c2cccnc2)cc1. The zero-order valence-electron chi connectivity index (χ0n) is 13.4. The number of rotatable bonds is 5. The van der Waals surface area contributed by atoms with Crippen LogP contribution >= 0.6 is 0 Å². The van der Waals surface area contributed by atoms with Crippen molar-refractivity contribution in [3.8, 4) is 11.1 Å². The van der Waals surface area contributed by atoms with Gasteiger partial charge in [-0.15, -0.1) is 0 Å². The van der Waals surface area contributed by atoms with Crippen LogP contribution in [0.4, 0.5) is 0 Å². The van der Waals surface area contributed by atoms with Crippen molar-refractivity contribution in [1.82, 2.24) is 10.3 Å². The maximum Gasteiger partial charge on any atom is 0.223 e. The molecule has 1 N–H and O–H groups in total. The predicted molar refractivity (Wildman–Crippen MR) is 89.8 cm³/mol. The fourth-order valence-electron chi connectivity index (χ4n) is 2.89. The second-order valence-corrected chi connectivity index (χ2v) is 5.99. The Balaban J connectivity index is 1.59. The van der Waals surface area contributed by atoms with Crippen molar-refractivity contribution in [1.29, 1.82) is 0 Å². The van der Waals surface area contributed by atoms with E-state index in [9.17, 15) is 4.79 Å². The molecule has 0 radical (unpaired) electrons. The van der Waals surface area contributed by atoms with Crippen molar-refractivity contribution >= 4 is 5.91 Å². The number of nitrogens with zero attached hydrogens (tertiary/aromatic N) is 1. The monoisotopic (exact) mass is 310 g/mol. The highest BCUT2D eigenvalue weighted by Gasteiger charge is 2.20. The lowest BCUT2D eigenvalue weighted by atomic mass is 10.0. The highest BCUT2D eigenvalue weighted by molar-refractivity contribution is 5.77. The number of benzene rings is 1. The zero-order valence-corrected chi connectivity index (χ0v) is 13.4. The summed E-state index contributed by atoms with van der Waals surface area (Å²) in [5.74, 6) is 0.0562. The molecular formula is C19H22N2O2. The molecule has 4 nitrogen and oxygen atoms in total. The van der Waals surface area contributed by atoms with Crippen LogP contribution in [-0.2, 0) is 9.53 Å². The number of amides is 1. The first-order chi connectivity index (χ1) is 11.2. The summed E-state index contributed by atoms with van der Waals surface area (Å²) in [7, 11) is 0. The van der Waals surface area contributed by atoms with Gasteiger partial charge in [0, 0.05) is 19.0 Å². The molecule has 1 fully saturated rings. The van der Waals surface area contributed by atoms with E-state index in [-0.39, 0.29) is 18.1 Å². The fraction of sp³-hybridized carbons (Fsp3) is 0.368. The normalized spacial score (nSPS) is 18.6. The molecule has 1 aromatic carbocycles. The van der Waals surface area contributed by atoms with Gasteiger partial charge in [0.1, 0.15) is 0 Å². The van der Waals surface area contributed by atoms with Gasteiger partial charge in [0.2, 0.25) is 5.91 Å². The van der Waals surface area contributed by atoms with Gasteiger partial charge in [-0.05, 0) is 42.5 Å². The average Bonchev–Trinajstić information content (AvgIpc) is 3.08. The number of aromatic nitrogens is 1. The number of nitrogens with one attached hydrogen (secondary N) is 1. The molecular weight excluding hydrogens is 288 g/mol. The largest absolute Gasteiger partial charge is 0.378 e. The van der Waals surface area contributed by atoms with E-state index in [1.165, 1.54) is 0 Å². The van der Waals surface area contributed by atoms with E-state index in [0.29, 0.717) is 6.42 Å². The quantitative estimate of drug-likeness (QED) is 0.919. The van der Waals surface area contributed by atoms with Crippen LogP contribution in [0.25, 0.3) is 11.1 Å². The molecule has 0 spiro atoms. The van der Waals surface area contributed by atoms with E-state index in [0.717, 1.165) is 36.1 Å². The molecule has 1 aromatic heterocycles. The van der Waals surface area contributed by atoms with E-state index in [4.69, 9.17) is 4.74 Å². The minimum atomic E-state index is -0.00754. The number of hydrogen-bond donors (Lipinski definition) is 1. The highest BCUT2D eigenvalue weighted by Crippen LogP contribution is 2.21. The summed E-state index contributed by atoms with van der Waals surface area (Å²) in [5.41, 5.74) is 3.31. The fourth-order valence-corrected chi connectivity index (χ4v) is 2.89. The summed E-state index contributed by atoms with van der Waals surface area (Å²) >= 11 is 0. The number of ether oxygens (including phenoxy) is 1. The maximum absolute atomic E-state index is 12.1. The third kappa shape index (κ3) is 4.17. The van der Waals surface area contributed by atoms with Crippen LogP contribution in [0, 0.1) is 0 Å². The number of hydrogen-bond acceptors (Lipinski definition) is 3. The minimum absolute atomic E-state index is 0.00754. The molecule has 0 unspecified atom stereocenters. The molecule has 120 valence electrons. The average molecular weight is 310 g/mol. The van der Waals surface area contributed by atoms with E-state index in [1.54, 1.807) is 6.20 Å². The van der Waals surface area contributed by atoms with E-state index in [2.05, 4.69) is 34.6 Å². The Morgan fingerprint density at radius 1 is 1.30 bits per heavy atom. The van der Waals surface area contributed by atoms with Crippen LogP contribution in [0.2, 0.25) is 0 Å². The molecule has 0 saturated carbocycles. The molecule has 1 aliphatic rings. The van der Waals surface area contributed by atoms with Crippen molar-refractivity contribution in [2.75, 3.05) is 6.61 Å². The van der Waals surface area contributed by atoms with Gasteiger partial charge in [-0.25, -0.2) is 0 Å². The Bertz CT molecular complexity index is 634. The first kappa shape index (κ1) is 15.7. The van der Waals surface area contributed by atoms with Gasteiger partial charge >= 0.3 is 0 Å². The van der Waals surface area contributed by atoms with E-state index >= 15 is 0 Å². The topological polar surface area (TPSA) is 51.2 Å². The summed E-state index contributed by atoms with van der Waals surface area (Å²) in [6.07, 6.45) is 6.21. The molecule has 1 aliphatic heterocycles. The second-order valence-electron chi connectivity index (χ2n) is 5.99. The summed E-state index contributed by atoms with van der Waals surface area (Å²) in [4.78, 5) is 16.2. The number of carbonyl (C=O) groups is 1. The van der Waals surface area contributed by atoms with Crippen molar-refractivity contribution in [3.05, 3.63) is 54.4 Å². The van der Waals surface area contributed by atoms with Crippen LogP contribution < -0.4 is 5.32 Å². The summed E-state index contributed by atoms with van der Waals surface area (Å²) < 4.78 is 5.51. The predicted octanol–water partition coefficient (Wildman–Crippen LogP) is 3.49. The Hall–Kier alpha value is -2.20. The van der Waals surface area contributed by atoms with Crippen LogP contribution in [-0.4, -0.2) is 23.6 Å². The number of pyridine rings is 1. The van der Waals surface area contributed by atoms with Crippen LogP contribution in [0.5, 0.6) is 0 Å².